The Hall–Kier alpha value is -0.930. The lowest BCUT2D eigenvalue weighted by Crippen LogP contribution is -2.26. The molecule has 0 spiro atoms. The van der Waals surface area contributed by atoms with E-state index in [1.165, 1.54) is 0 Å². The molecule has 1 aliphatic rings. The first-order valence-corrected chi connectivity index (χ1v) is 5.58. The molecule has 0 unspecified atom stereocenters. The summed E-state index contributed by atoms with van der Waals surface area (Å²) < 4.78 is 11.3. The fourth-order valence-corrected chi connectivity index (χ4v) is 1.73. The molecule has 88 valence electrons. The molecule has 0 aromatic heterocycles. The van der Waals surface area contributed by atoms with Crippen LogP contribution in [0.2, 0.25) is 5.02 Å². The molecule has 4 heteroatoms. The third-order valence-electron chi connectivity index (χ3n) is 2.52. The van der Waals surface area contributed by atoms with E-state index in [9.17, 15) is 0 Å². The smallest absolute Gasteiger partial charge is 0.162 e. The van der Waals surface area contributed by atoms with Crippen LogP contribution in [0.1, 0.15) is 19.4 Å². The zero-order chi connectivity index (χ0) is 11.8. The van der Waals surface area contributed by atoms with Crippen LogP contribution in [-0.4, -0.2) is 18.3 Å². The molecule has 0 radical (unpaired) electrons. The van der Waals surface area contributed by atoms with E-state index >= 15 is 0 Å². The highest BCUT2D eigenvalue weighted by atomic mass is 35.5. The van der Waals surface area contributed by atoms with Crippen LogP contribution in [0.5, 0.6) is 11.5 Å². The van der Waals surface area contributed by atoms with Gasteiger partial charge in [-0.3, -0.25) is 0 Å². The van der Waals surface area contributed by atoms with Crippen LogP contribution in [0.15, 0.2) is 12.1 Å². The van der Waals surface area contributed by atoms with Gasteiger partial charge in [0.05, 0.1) is 24.8 Å². The first-order chi connectivity index (χ1) is 7.52. The minimum atomic E-state index is -0.0983. The highest BCUT2D eigenvalue weighted by Crippen LogP contribution is 2.37. The lowest BCUT2D eigenvalue weighted by atomic mass is 9.97. The Morgan fingerprint density at radius 2 is 1.81 bits per heavy atom. The maximum Gasteiger partial charge on any atom is 0.162 e. The predicted octanol–water partition coefficient (Wildman–Crippen LogP) is 2.63. The lowest BCUT2D eigenvalue weighted by molar-refractivity contribution is 0.140. The second-order valence-corrected chi connectivity index (χ2v) is 5.20. The van der Waals surface area contributed by atoms with Gasteiger partial charge in [0, 0.05) is 11.5 Å². The number of fused-ring (bicyclic) bond motifs is 1. The lowest BCUT2D eigenvalue weighted by Gasteiger charge is -2.19. The van der Waals surface area contributed by atoms with Crippen molar-refractivity contribution in [3.05, 3.63) is 22.7 Å². The molecular formula is C12H15ClO3. The SMILES string of the molecule is CC1(C)COc2cc(Cl)c(CO)cc2OC1. The van der Waals surface area contributed by atoms with Crippen LogP contribution >= 0.6 is 11.6 Å². The Morgan fingerprint density at radius 3 is 2.38 bits per heavy atom. The summed E-state index contributed by atoms with van der Waals surface area (Å²) >= 11 is 5.99. The van der Waals surface area contributed by atoms with Crippen molar-refractivity contribution in [2.75, 3.05) is 13.2 Å². The number of hydrogen-bond donors (Lipinski definition) is 1. The van der Waals surface area contributed by atoms with Gasteiger partial charge in [0.25, 0.3) is 0 Å². The number of rotatable bonds is 1. The van der Waals surface area contributed by atoms with Gasteiger partial charge in [0.1, 0.15) is 0 Å². The van der Waals surface area contributed by atoms with Crippen LogP contribution in [0, 0.1) is 5.41 Å². The quantitative estimate of drug-likeness (QED) is 0.823. The largest absolute Gasteiger partial charge is 0.489 e. The van der Waals surface area contributed by atoms with E-state index in [-0.39, 0.29) is 12.0 Å². The number of halogens is 1. The van der Waals surface area contributed by atoms with Gasteiger partial charge >= 0.3 is 0 Å². The normalized spacial score (nSPS) is 18.0. The van der Waals surface area contributed by atoms with Crippen molar-refractivity contribution in [2.45, 2.75) is 20.5 Å². The zero-order valence-electron chi connectivity index (χ0n) is 9.42. The summed E-state index contributed by atoms with van der Waals surface area (Å²) in [7, 11) is 0. The van der Waals surface area contributed by atoms with Crippen molar-refractivity contribution in [3.8, 4) is 11.5 Å². The van der Waals surface area contributed by atoms with Crippen molar-refractivity contribution in [1.82, 2.24) is 0 Å². The number of ether oxygens (including phenoxy) is 2. The van der Waals surface area contributed by atoms with Crippen molar-refractivity contribution < 1.29 is 14.6 Å². The topological polar surface area (TPSA) is 38.7 Å². The molecule has 0 saturated heterocycles. The van der Waals surface area contributed by atoms with Crippen molar-refractivity contribution in [3.63, 3.8) is 0 Å². The van der Waals surface area contributed by atoms with Gasteiger partial charge in [-0.25, -0.2) is 0 Å². The standard InChI is InChI=1S/C12H15ClO3/c1-12(2)6-15-10-3-8(5-14)9(13)4-11(10)16-7-12/h3-4,14H,5-7H2,1-2H3. The summed E-state index contributed by atoms with van der Waals surface area (Å²) in [5.74, 6) is 1.30. The molecule has 1 N–H and O–H groups in total. The Labute approximate surface area is 99.9 Å². The van der Waals surface area contributed by atoms with Gasteiger partial charge in [-0.2, -0.15) is 0 Å². The first kappa shape index (κ1) is 11.6. The van der Waals surface area contributed by atoms with Gasteiger partial charge < -0.3 is 14.6 Å². The molecule has 3 nitrogen and oxygen atoms in total. The summed E-state index contributed by atoms with van der Waals surface area (Å²) in [6.45, 7) is 5.24. The molecule has 1 aromatic rings. The molecular weight excluding hydrogens is 228 g/mol. The predicted molar refractivity (Wildman–Crippen MR) is 62.1 cm³/mol. The molecule has 1 aliphatic heterocycles. The fraction of sp³-hybridized carbons (Fsp3) is 0.500. The summed E-state index contributed by atoms with van der Waals surface area (Å²) in [4.78, 5) is 0. The molecule has 1 aromatic carbocycles. The second kappa shape index (κ2) is 4.15. The Kier molecular flexibility index (Phi) is 3.00. The van der Waals surface area contributed by atoms with E-state index in [2.05, 4.69) is 13.8 Å². The molecule has 0 aliphatic carbocycles. The Balaban J connectivity index is 2.35. The minimum Gasteiger partial charge on any atom is -0.489 e. The van der Waals surface area contributed by atoms with Crippen LogP contribution in [0.25, 0.3) is 0 Å². The highest BCUT2D eigenvalue weighted by Gasteiger charge is 2.25. The van der Waals surface area contributed by atoms with Gasteiger partial charge in [0.2, 0.25) is 0 Å². The molecule has 0 amide bonds. The highest BCUT2D eigenvalue weighted by molar-refractivity contribution is 6.31. The summed E-state index contributed by atoms with van der Waals surface area (Å²) in [6, 6.07) is 3.43. The van der Waals surface area contributed by atoms with Crippen LogP contribution in [-0.2, 0) is 6.61 Å². The summed E-state index contributed by atoms with van der Waals surface area (Å²) in [5.41, 5.74) is 0.633. The van der Waals surface area contributed by atoms with E-state index < -0.39 is 0 Å². The van der Waals surface area contributed by atoms with E-state index in [1.807, 2.05) is 0 Å². The minimum absolute atomic E-state index is 0.0229. The maximum absolute atomic E-state index is 9.11. The molecule has 1 heterocycles. The third-order valence-corrected chi connectivity index (χ3v) is 2.87. The molecule has 0 atom stereocenters. The number of hydrogen-bond acceptors (Lipinski definition) is 3. The average Bonchev–Trinajstić information content (AvgIpc) is 2.38. The van der Waals surface area contributed by atoms with Crippen molar-refractivity contribution >= 4 is 11.6 Å². The number of aliphatic hydroxyl groups excluding tert-OH is 1. The fourth-order valence-electron chi connectivity index (χ4n) is 1.51. The van der Waals surface area contributed by atoms with Crippen molar-refractivity contribution in [2.24, 2.45) is 5.41 Å². The summed E-state index contributed by atoms with van der Waals surface area (Å²) in [6.07, 6.45) is 0. The third kappa shape index (κ3) is 2.25. The molecule has 2 rings (SSSR count). The van der Waals surface area contributed by atoms with E-state index in [0.29, 0.717) is 35.3 Å². The van der Waals surface area contributed by atoms with Gasteiger partial charge in [-0.1, -0.05) is 25.4 Å². The van der Waals surface area contributed by atoms with Gasteiger partial charge in [-0.15, -0.1) is 0 Å². The number of benzene rings is 1. The van der Waals surface area contributed by atoms with Crippen molar-refractivity contribution in [1.29, 1.82) is 0 Å². The second-order valence-electron chi connectivity index (χ2n) is 4.79. The molecule has 0 bridgehead atoms. The van der Waals surface area contributed by atoms with E-state index in [0.717, 1.165) is 0 Å². The maximum atomic E-state index is 9.11. The molecule has 0 saturated carbocycles. The number of aliphatic hydroxyl groups is 1. The van der Waals surface area contributed by atoms with Crippen LogP contribution < -0.4 is 9.47 Å². The monoisotopic (exact) mass is 242 g/mol. The van der Waals surface area contributed by atoms with Crippen LogP contribution in [0.3, 0.4) is 0 Å². The van der Waals surface area contributed by atoms with E-state index in [1.54, 1.807) is 12.1 Å². The Bertz CT molecular complexity index is 401. The summed E-state index contributed by atoms with van der Waals surface area (Å²) in [5, 5.41) is 9.62. The molecule has 16 heavy (non-hydrogen) atoms. The zero-order valence-corrected chi connectivity index (χ0v) is 10.2. The Morgan fingerprint density at radius 1 is 1.25 bits per heavy atom. The molecule has 0 fully saturated rings. The van der Waals surface area contributed by atoms with Gasteiger partial charge in [0.15, 0.2) is 11.5 Å². The van der Waals surface area contributed by atoms with Crippen LogP contribution in [0.4, 0.5) is 0 Å². The average molecular weight is 243 g/mol. The van der Waals surface area contributed by atoms with E-state index in [4.69, 9.17) is 26.2 Å². The van der Waals surface area contributed by atoms with Gasteiger partial charge in [-0.05, 0) is 11.6 Å². The first-order valence-electron chi connectivity index (χ1n) is 5.21.